The van der Waals surface area contributed by atoms with E-state index in [-0.39, 0.29) is 19.0 Å². The molecule has 4 nitrogen and oxygen atoms in total. The van der Waals surface area contributed by atoms with Crippen molar-refractivity contribution in [2.24, 2.45) is 0 Å². The predicted molar refractivity (Wildman–Crippen MR) is 189 cm³/mol. The quantitative estimate of drug-likeness (QED) is 0.162. The minimum Gasteiger partial charge on any atom is -0.469 e. The van der Waals surface area contributed by atoms with E-state index in [1.807, 2.05) is 11.3 Å². The van der Waals surface area contributed by atoms with E-state index in [2.05, 4.69) is 125 Å². The van der Waals surface area contributed by atoms with Gasteiger partial charge in [-0.3, -0.25) is 0 Å². The van der Waals surface area contributed by atoms with Crippen LogP contribution in [-0.2, 0) is 0 Å². The van der Waals surface area contributed by atoms with E-state index < -0.39 is 0 Å². The molecule has 7 heterocycles. The summed E-state index contributed by atoms with van der Waals surface area (Å²) in [5.41, 5.74) is 14.8. The highest BCUT2D eigenvalue weighted by atomic mass is 32.1. The van der Waals surface area contributed by atoms with Gasteiger partial charge < -0.3 is 18.5 Å². The second kappa shape index (κ2) is 7.49. The summed E-state index contributed by atoms with van der Waals surface area (Å²) in [5.74, 6) is 1.10. The summed E-state index contributed by atoms with van der Waals surface area (Å²) in [6.07, 6.45) is -0.179. The van der Waals surface area contributed by atoms with Crippen LogP contribution in [0.4, 0.5) is 11.4 Å². The average molecular weight is 604 g/mol. The minimum absolute atomic E-state index is 0.00390. The van der Waals surface area contributed by atoms with Gasteiger partial charge in [-0.1, -0.05) is 91.0 Å². The number of hydrogen-bond donors (Lipinski definition) is 0. The summed E-state index contributed by atoms with van der Waals surface area (Å²) >= 11 is 1.92. The van der Waals surface area contributed by atoms with Gasteiger partial charge in [-0.2, -0.15) is 0 Å². The number of furan rings is 1. The zero-order valence-electron chi connectivity index (χ0n) is 24.3. The Morgan fingerprint density at radius 2 is 1.46 bits per heavy atom. The van der Waals surface area contributed by atoms with Gasteiger partial charge in [0, 0.05) is 48.6 Å². The Balaban J connectivity index is 1.27. The Bertz CT molecular complexity index is 2900. The third-order valence-electron chi connectivity index (χ3n) is 11.1. The standard InChI is InChI=1S/C40H21BN2O2S/c1-4-16-29-20(9-1)27-19-26-21-12-7-14-25-34(21)43(36-23-11-3-6-18-31(23)46-39(25)36)41-28-15-8-13-24-32-22-10-2-5-17-30(22)45-40(32)42(35(24)28)37(33(26)41)38(27)44-29/h1-19,32,40H. The molecule has 6 heteroatoms. The van der Waals surface area contributed by atoms with Crippen LogP contribution >= 0.6 is 11.3 Å². The third-order valence-corrected chi connectivity index (χ3v) is 12.3. The summed E-state index contributed by atoms with van der Waals surface area (Å²) in [7, 11) is 0. The Hall–Kier alpha value is -5.46. The normalized spacial score (nSPS) is 18.1. The highest BCUT2D eigenvalue weighted by Crippen LogP contribution is 2.58. The lowest BCUT2D eigenvalue weighted by atomic mass is 9.45. The molecule has 0 saturated heterocycles. The lowest BCUT2D eigenvalue weighted by Gasteiger charge is -2.40. The highest BCUT2D eigenvalue weighted by molar-refractivity contribution is 7.27. The van der Waals surface area contributed by atoms with E-state index in [1.54, 1.807) is 0 Å². The maximum absolute atomic E-state index is 6.92. The maximum atomic E-state index is 6.92. The second-order valence-electron chi connectivity index (χ2n) is 13.1. The number of aromatic nitrogens is 1. The van der Waals surface area contributed by atoms with Crippen LogP contribution in [0.5, 0.6) is 5.75 Å². The first-order chi connectivity index (χ1) is 22.8. The van der Waals surface area contributed by atoms with Gasteiger partial charge in [-0.25, -0.2) is 0 Å². The van der Waals surface area contributed by atoms with Crippen molar-refractivity contribution in [2.45, 2.75) is 12.1 Å². The SMILES string of the molecule is c1ccc2c(c1)OC1C2c2cccc3c2N1c1c2c(cc4c1oc1ccccc14)-c1cccc4c5sc6ccccc6c5n(c14)B32. The number of hydrogen-bond acceptors (Lipinski definition) is 4. The zero-order valence-corrected chi connectivity index (χ0v) is 25.1. The summed E-state index contributed by atoms with van der Waals surface area (Å²) in [6.45, 7) is -0.00390. The molecule has 6 aromatic carbocycles. The van der Waals surface area contributed by atoms with Gasteiger partial charge in [0.15, 0.2) is 11.8 Å². The van der Waals surface area contributed by atoms with Crippen molar-refractivity contribution in [3.8, 4) is 16.9 Å². The summed E-state index contributed by atoms with van der Waals surface area (Å²) in [4.78, 5) is 2.51. The summed E-state index contributed by atoms with van der Waals surface area (Å²) in [6, 6.07) is 42.2. The molecule has 46 heavy (non-hydrogen) atoms. The molecule has 2 unspecified atom stereocenters. The first-order valence-electron chi connectivity index (χ1n) is 16.0. The number of para-hydroxylation sites is 4. The van der Waals surface area contributed by atoms with E-state index in [1.165, 1.54) is 70.1 Å². The number of nitrogens with zero attached hydrogens (tertiary/aromatic N) is 2. The van der Waals surface area contributed by atoms with E-state index in [9.17, 15) is 0 Å². The molecule has 0 bridgehead atoms. The van der Waals surface area contributed by atoms with Crippen molar-refractivity contribution in [1.82, 2.24) is 4.48 Å². The Morgan fingerprint density at radius 1 is 0.652 bits per heavy atom. The maximum Gasteiger partial charge on any atom is 0.333 e. The van der Waals surface area contributed by atoms with E-state index >= 15 is 0 Å². The molecule has 4 aliphatic heterocycles. The zero-order chi connectivity index (χ0) is 29.4. The lowest BCUT2D eigenvalue weighted by molar-refractivity contribution is 0.234. The molecule has 0 aliphatic carbocycles. The first kappa shape index (κ1) is 23.0. The Kier molecular flexibility index (Phi) is 3.74. The van der Waals surface area contributed by atoms with Gasteiger partial charge in [-0.05, 0) is 46.3 Å². The number of fused-ring (bicyclic) bond motifs is 18. The number of anilines is 2. The predicted octanol–water partition coefficient (Wildman–Crippen LogP) is 8.86. The molecule has 0 spiro atoms. The molecule has 4 aliphatic rings. The van der Waals surface area contributed by atoms with Crippen LogP contribution in [0.25, 0.3) is 64.3 Å². The van der Waals surface area contributed by atoms with Gasteiger partial charge in [0.25, 0.3) is 0 Å². The smallest absolute Gasteiger partial charge is 0.333 e. The molecule has 0 radical (unpaired) electrons. The van der Waals surface area contributed by atoms with Crippen molar-refractivity contribution in [1.29, 1.82) is 0 Å². The summed E-state index contributed by atoms with van der Waals surface area (Å²) in [5, 5.41) is 4.97. The lowest BCUT2D eigenvalue weighted by Crippen LogP contribution is -2.58. The van der Waals surface area contributed by atoms with Crippen LogP contribution < -0.4 is 20.6 Å². The van der Waals surface area contributed by atoms with Gasteiger partial charge in [0.1, 0.15) is 11.3 Å². The van der Waals surface area contributed by atoms with E-state index in [0.29, 0.717) is 0 Å². The molecular formula is C40H21BN2O2S. The van der Waals surface area contributed by atoms with Crippen LogP contribution in [0.1, 0.15) is 17.0 Å². The van der Waals surface area contributed by atoms with Crippen LogP contribution in [-0.4, -0.2) is 17.6 Å². The second-order valence-corrected chi connectivity index (χ2v) is 14.1. The van der Waals surface area contributed by atoms with Crippen LogP contribution in [0, 0.1) is 0 Å². The molecule has 13 rings (SSSR count). The highest BCUT2D eigenvalue weighted by Gasteiger charge is 2.55. The Morgan fingerprint density at radius 3 is 2.43 bits per heavy atom. The van der Waals surface area contributed by atoms with Crippen molar-refractivity contribution < 1.29 is 9.15 Å². The molecule has 0 N–H and O–H groups in total. The van der Waals surface area contributed by atoms with E-state index in [0.717, 1.165) is 33.4 Å². The number of benzene rings is 6. The van der Waals surface area contributed by atoms with E-state index in [4.69, 9.17) is 9.15 Å². The van der Waals surface area contributed by atoms with Crippen molar-refractivity contribution in [3.05, 3.63) is 126 Å². The Labute approximate surface area is 266 Å². The van der Waals surface area contributed by atoms with Crippen LogP contribution in [0.15, 0.2) is 120 Å². The molecule has 3 aromatic heterocycles. The third kappa shape index (κ3) is 2.37. The molecule has 9 aromatic rings. The molecule has 212 valence electrons. The molecule has 2 atom stereocenters. The number of ether oxygens (including phenoxy) is 1. The fourth-order valence-corrected chi connectivity index (χ4v) is 10.7. The first-order valence-corrected chi connectivity index (χ1v) is 16.8. The summed E-state index contributed by atoms with van der Waals surface area (Å²) < 4.78 is 19.2. The minimum atomic E-state index is -0.179. The van der Waals surface area contributed by atoms with Crippen molar-refractivity contribution >= 4 is 93.6 Å². The number of thiophene rings is 1. The monoisotopic (exact) mass is 604 g/mol. The fraction of sp³-hybridized carbons (Fsp3) is 0.0500. The number of rotatable bonds is 0. The van der Waals surface area contributed by atoms with Crippen molar-refractivity contribution in [3.63, 3.8) is 0 Å². The van der Waals surface area contributed by atoms with Gasteiger partial charge in [0.2, 0.25) is 0 Å². The molecular weight excluding hydrogens is 583 g/mol. The van der Waals surface area contributed by atoms with Gasteiger partial charge in [0.05, 0.1) is 21.8 Å². The van der Waals surface area contributed by atoms with Gasteiger partial charge in [-0.15, -0.1) is 11.3 Å². The largest absolute Gasteiger partial charge is 0.469 e. The fourth-order valence-electron chi connectivity index (χ4n) is 9.46. The van der Waals surface area contributed by atoms with Crippen LogP contribution in [0.3, 0.4) is 0 Å². The molecule has 0 saturated carbocycles. The average Bonchev–Trinajstić information content (AvgIpc) is 3.89. The molecule has 0 fully saturated rings. The molecule has 0 amide bonds. The van der Waals surface area contributed by atoms with Gasteiger partial charge >= 0.3 is 6.85 Å². The van der Waals surface area contributed by atoms with Crippen LogP contribution in [0.2, 0.25) is 0 Å². The topological polar surface area (TPSA) is 30.5 Å². The van der Waals surface area contributed by atoms with Crippen molar-refractivity contribution in [2.75, 3.05) is 4.90 Å².